The molecule has 0 radical (unpaired) electrons. The van der Waals surface area contributed by atoms with Crippen LogP contribution in [0.4, 0.5) is 0 Å². The van der Waals surface area contributed by atoms with Gasteiger partial charge >= 0.3 is 0 Å². The fourth-order valence-corrected chi connectivity index (χ4v) is 2.34. The van der Waals surface area contributed by atoms with Crippen molar-refractivity contribution in [1.29, 1.82) is 5.26 Å². The van der Waals surface area contributed by atoms with Gasteiger partial charge in [0, 0.05) is 6.54 Å². The molecule has 1 aliphatic heterocycles. The third-order valence-corrected chi connectivity index (χ3v) is 3.46. The first-order chi connectivity index (χ1) is 10.4. The first-order valence-corrected chi connectivity index (χ1v) is 6.93. The molecular formula is C17H16N2O2. The first-order valence-electron chi connectivity index (χ1n) is 6.93. The molecule has 0 spiro atoms. The van der Waals surface area contributed by atoms with E-state index in [0.29, 0.717) is 5.75 Å². The summed E-state index contributed by atoms with van der Waals surface area (Å²) in [5.74, 6) is 1.44. The van der Waals surface area contributed by atoms with E-state index in [2.05, 4.69) is 23.5 Å². The van der Waals surface area contributed by atoms with E-state index >= 15 is 0 Å². The van der Waals surface area contributed by atoms with Gasteiger partial charge in [-0.2, -0.15) is 5.26 Å². The molecule has 0 bridgehead atoms. The minimum atomic E-state index is -0.344. The second-order valence-corrected chi connectivity index (χ2v) is 4.86. The highest BCUT2D eigenvalue weighted by atomic mass is 16.7. The van der Waals surface area contributed by atoms with Crippen molar-refractivity contribution in [1.82, 2.24) is 5.32 Å². The number of hydrogen-bond donors (Lipinski definition) is 1. The van der Waals surface area contributed by atoms with Crippen LogP contribution in [0.15, 0.2) is 48.5 Å². The van der Waals surface area contributed by atoms with Crippen molar-refractivity contribution in [2.75, 3.05) is 13.3 Å². The molecule has 1 aliphatic rings. The number of nitrogens with one attached hydrogen (secondary N) is 1. The van der Waals surface area contributed by atoms with Gasteiger partial charge in [0.05, 0.1) is 6.07 Å². The van der Waals surface area contributed by atoms with Crippen molar-refractivity contribution in [2.24, 2.45) is 0 Å². The van der Waals surface area contributed by atoms with E-state index in [1.54, 1.807) is 0 Å². The molecule has 4 heteroatoms. The number of ether oxygens (including phenoxy) is 2. The lowest BCUT2D eigenvalue weighted by Gasteiger charge is -2.12. The Bertz CT molecular complexity index is 650. The lowest BCUT2D eigenvalue weighted by Crippen LogP contribution is -2.22. The standard InChI is InChI=1S/C17H16N2O2/c18-11-15(19-9-8-13-4-2-1-3-5-13)14-6-7-16-17(10-14)21-12-20-16/h1-7,10,15,19H,8-9,12H2. The summed E-state index contributed by atoms with van der Waals surface area (Å²) in [6.45, 7) is 0.994. The smallest absolute Gasteiger partial charge is 0.231 e. The van der Waals surface area contributed by atoms with Crippen molar-refractivity contribution in [3.05, 3.63) is 59.7 Å². The second kappa shape index (κ2) is 6.29. The van der Waals surface area contributed by atoms with Gasteiger partial charge in [-0.05, 0) is 29.7 Å². The Labute approximate surface area is 123 Å². The summed E-state index contributed by atoms with van der Waals surface area (Å²) in [6, 6.07) is 17.8. The van der Waals surface area contributed by atoms with Gasteiger partial charge in [0.2, 0.25) is 6.79 Å². The van der Waals surface area contributed by atoms with Crippen LogP contribution in [0.3, 0.4) is 0 Å². The van der Waals surface area contributed by atoms with Crippen LogP contribution in [0.5, 0.6) is 11.5 Å². The van der Waals surface area contributed by atoms with Gasteiger partial charge in [-0.1, -0.05) is 36.4 Å². The minimum Gasteiger partial charge on any atom is -0.454 e. The van der Waals surface area contributed by atoms with Crippen LogP contribution in [0.2, 0.25) is 0 Å². The number of fused-ring (bicyclic) bond motifs is 1. The van der Waals surface area contributed by atoms with Crippen LogP contribution in [-0.2, 0) is 6.42 Å². The van der Waals surface area contributed by atoms with Crippen LogP contribution in [0.25, 0.3) is 0 Å². The topological polar surface area (TPSA) is 54.3 Å². The number of rotatable bonds is 5. The number of nitrogens with zero attached hydrogens (tertiary/aromatic N) is 1. The predicted molar refractivity (Wildman–Crippen MR) is 79.1 cm³/mol. The predicted octanol–water partition coefficient (Wildman–Crippen LogP) is 2.81. The molecule has 2 aromatic rings. The summed E-state index contributed by atoms with van der Waals surface area (Å²) >= 11 is 0. The van der Waals surface area contributed by atoms with Crippen LogP contribution in [0.1, 0.15) is 17.2 Å². The van der Waals surface area contributed by atoms with Gasteiger partial charge in [0.15, 0.2) is 11.5 Å². The fraction of sp³-hybridized carbons (Fsp3) is 0.235. The summed E-state index contributed by atoms with van der Waals surface area (Å²) in [5.41, 5.74) is 2.15. The molecule has 0 saturated heterocycles. The largest absolute Gasteiger partial charge is 0.454 e. The summed E-state index contributed by atoms with van der Waals surface area (Å²) in [7, 11) is 0. The van der Waals surface area contributed by atoms with E-state index < -0.39 is 0 Å². The molecule has 1 unspecified atom stereocenters. The van der Waals surface area contributed by atoms with Crippen LogP contribution in [0, 0.1) is 11.3 Å². The third-order valence-electron chi connectivity index (χ3n) is 3.46. The average molecular weight is 280 g/mol. The highest BCUT2D eigenvalue weighted by molar-refractivity contribution is 5.46. The van der Waals surface area contributed by atoms with E-state index in [9.17, 15) is 5.26 Å². The van der Waals surface area contributed by atoms with E-state index in [0.717, 1.165) is 24.3 Å². The normalized spacial score (nSPS) is 13.7. The third kappa shape index (κ3) is 3.15. The maximum absolute atomic E-state index is 9.34. The Balaban J connectivity index is 1.62. The monoisotopic (exact) mass is 280 g/mol. The molecule has 1 N–H and O–H groups in total. The molecule has 21 heavy (non-hydrogen) atoms. The molecule has 4 nitrogen and oxygen atoms in total. The molecule has 3 rings (SSSR count). The van der Waals surface area contributed by atoms with Gasteiger partial charge in [-0.25, -0.2) is 0 Å². The van der Waals surface area contributed by atoms with Crippen LogP contribution < -0.4 is 14.8 Å². The Morgan fingerprint density at radius 2 is 1.90 bits per heavy atom. The fourth-order valence-electron chi connectivity index (χ4n) is 2.34. The SMILES string of the molecule is N#CC(NCCc1ccccc1)c1ccc2c(c1)OCO2. The number of nitriles is 1. The van der Waals surface area contributed by atoms with Gasteiger partial charge in [0.25, 0.3) is 0 Å². The maximum Gasteiger partial charge on any atom is 0.231 e. The van der Waals surface area contributed by atoms with Gasteiger partial charge in [0.1, 0.15) is 6.04 Å². The van der Waals surface area contributed by atoms with E-state index in [4.69, 9.17) is 9.47 Å². The average Bonchev–Trinajstić information content (AvgIpc) is 3.00. The summed E-state index contributed by atoms with van der Waals surface area (Å²) in [6.07, 6.45) is 0.892. The Morgan fingerprint density at radius 3 is 2.71 bits per heavy atom. The van der Waals surface area contributed by atoms with Crippen molar-refractivity contribution < 1.29 is 9.47 Å². The molecule has 0 aromatic heterocycles. The van der Waals surface area contributed by atoms with Crippen molar-refractivity contribution in [3.63, 3.8) is 0 Å². The van der Waals surface area contributed by atoms with Gasteiger partial charge in [-0.15, -0.1) is 0 Å². The summed E-state index contributed by atoms with van der Waals surface area (Å²) in [5, 5.41) is 12.6. The lowest BCUT2D eigenvalue weighted by atomic mass is 10.1. The van der Waals surface area contributed by atoms with Crippen molar-refractivity contribution >= 4 is 0 Å². The molecule has 1 atom stereocenters. The molecule has 106 valence electrons. The molecule has 0 amide bonds. The lowest BCUT2D eigenvalue weighted by molar-refractivity contribution is 0.174. The quantitative estimate of drug-likeness (QED) is 0.915. The Hall–Kier alpha value is -2.51. The molecular weight excluding hydrogens is 264 g/mol. The Morgan fingerprint density at radius 1 is 1.10 bits per heavy atom. The first kappa shape index (κ1) is 13.5. The zero-order valence-corrected chi connectivity index (χ0v) is 11.6. The van der Waals surface area contributed by atoms with Gasteiger partial charge < -0.3 is 9.47 Å². The van der Waals surface area contributed by atoms with Crippen molar-refractivity contribution in [3.8, 4) is 17.6 Å². The molecule has 2 aromatic carbocycles. The second-order valence-electron chi connectivity index (χ2n) is 4.86. The molecule has 0 saturated carbocycles. The number of benzene rings is 2. The highest BCUT2D eigenvalue weighted by Gasteiger charge is 2.17. The zero-order valence-electron chi connectivity index (χ0n) is 11.6. The summed E-state index contributed by atoms with van der Waals surface area (Å²) in [4.78, 5) is 0. The molecule has 0 aliphatic carbocycles. The van der Waals surface area contributed by atoms with E-state index in [1.807, 2.05) is 36.4 Å². The Kier molecular flexibility index (Phi) is 4.04. The van der Waals surface area contributed by atoms with Crippen LogP contribution >= 0.6 is 0 Å². The van der Waals surface area contributed by atoms with E-state index in [1.165, 1.54) is 5.56 Å². The molecule has 0 fully saturated rings. The maximum atomic E-state index is 9.34. The summed E-state index contributed by atoms with van der Waals surface area (Å²) < 4.78 is 10.6. The van der Waals surface area contributed by atoms with Crippen LogP contribution in [-0.4, -0.2) is 13.3 Å². The van der Waals surface area contributed by atoms with Crippen molar-refractivity contribution in [2.45, 2.75) is 12.5 Å². The zero-order chi connectivity index (χ0) is 14.5. The van der Waals surface area contributed by atoms with Gasteiger partial charge in [-0.3, -0.25) is 5.32 Å². The minimum absolute atomic E-state index is 0.247. The highest BCUT2D eigenvalue weighted by Crippen LogP contribution is 2.34. The molecule has 1 heterocycles. The number of hydrogen-bond acceptors (Lipinski definition) is 4. The van der Waals surface area contributed by atoms with E-state index in [-0.39, 0.29) is 12.8 Å².